The van der Waals surface area contributed by atoms with E-state index in [1.807, 2.05) is 6.92 Å². The third kappa shape index (κ3) is 11.4. The van der Waals surface area contributed by atoms with E-state index in [1.165, 1.54) is 0 Å². The largest absolute Gasteiger partial charge is 1.00 e. The fraction of sp³-hybridized carbons (Fsp3) is 1.00. The van der Waals surface area contributed by atoms with Crippen molar-refractivity contribution in [1.29, 1.82) is 0 Å². The van der Waals surface area contributed by atoms with Crippen LogP contribution < -0.4 is 29.6 Å². The normalized spacial score (nSPS) is 14.3. The molecule has 0 aromatic rings. The fourth-order valence-corrected chi connectivity index (χ4v) is 2.38. The minimum Gasteiger partial charge on any atom is -0.726 e. The van der Waals surface area contributed by atoms with Crippen molar-refractivity contribution in [2.75, 3.05) is 6.61 Å². The predicted molar refractivity (Wildman–Crippen MR) is 58.1 cm³/mol. The second-order valence-corrected chi connectivity index (χ2v) is 5.97. The standard InChI is InChI=1S/C10H22O4S.Na/c1-5-6-10(3,4)7-9(2)8-14-15(11,12)13;/h9H,5-8H2,1-4H3,(H,11,12,13);/q;+1/p-1. The molecule has 4 nitrogen and oxygen atoms in total. The van der Waals surface area contributed by atoms with E-state index in [-0.39, 0.29) is 47.5 Å². The maximum Gasteiger partial charge on any atom is 1.00 e. The molecule has 0 aromatic carbocycles. The minimum absolute atomic E-state index is 0. The van der Waals surface area contributed by atoms with Crippen molar-refractivity contribution in [2.45, 2.75) is 47.0 Å². The molecule has 0 rings (SSSR count). The summed E-state index contributed by atoms with van der Waals surface area (Å²) in [5.41, 5.74) is 0.171. The minimum atomic E-state index is -4.54. The zero-order chi connectivity index (χ0) is 12.1. The molecule has 0 aliphatic carbocycles. The van der Waals surface area contributed by atoms with Crippen LogP contribution in [0.1, 0.15) is 47.0 Å². The molecule has 0 aliphatic heterocycles. The summed E-state index contributed by atoms with van der Waals surface area (Å²) in [6, 6.07) is 0. The predicted octanol–water partition coefficient (Wildman–Crippen LogP) is -0.680. The summed E-state index contributed by atoms with van der Waals surface area (Å²) < 4.78 is 35.0. The molecule has 92 valence electrons. The van der Waals surface area contributed by atoms with Gasteiger partial charge in [0.05, 0.1) is 6.61 Å². The Kier molecular flexibility index (Phi) is 9.68. The Morgan fingerprint density at radius 2 is 1.88 bits per heavy atom. The monoisotopic (exact) mass is 260 g/mol. The molecule has 0 saturated carbocycles. The summed E-state index contributed by atoms with van der Waals surface area (Å²) in [5.74, 6) is 0.0790. The molecule has 0 fully saturated rings. The maximum atomic E-state index is 10.2. The first-order valence-electron chi connectivity index (χ1n) is 5.26. The third-order valence-corrected chi connectivity index (χ3v) is 2.75. The topological polar surface area (TPSA) is 66.4 Å². The van der Waals surface area contributed by atoms with Gasteiger partial charge in [0.15, 0.2) is 0 Å². The van der Waals surface area contributed by atoms with Gasteiger partial charge in [-0.25, -0.2) is 8.42 Å². The van der Waals surface area contributed by atoms with Crippen molar-refractivity contribution in [3.05, 3.63) is 0 Å². The van der Waals surface area contributed by atoms with E-state index < -0.39 is 10.4 Å². The fourth-order valence-electron chi connectivity index (χ4n) is 1.98. The molecule has 16 heavy (non-hydrogen) atoms. The van der Waals surface area contributed by atoms with Crippen LogP contribution in [0, 0.1) is 11.3 Å². The molecule has 0 N–H and O–H groups in total. The van der Waals surface area contributed by atoms with Gasteiger partial charge in [-0.05, 0) is 24.2 Å². The van der Waals surface area contributed by atoms with Gasteiger partial charge in [-0.3, -0.25) is 4.18 Å². The van der Waals surface area contributed by atoms with Crippen LogP contribution in [0.4, 0.5) is 0 Å². The molecule has 0 amide bonds. The SMILES string of the molecule is CCCC(C)(C)CC(C)COS(=O)(=O)[O-].[Na+]. The summed E-state index contributed by atoms with van der Waals surface area (Å²) >= 11 is 0. The van der Waals surface area contributed by atoms with Crippen LogP contribution in [-0.4, -0.2) is 19.6 Å². The molecule has 0 aliphatic rings. The zero-order valence-electron chi connectivity index (χ0n) is 10.9. The first kappa shape index (κ1) is 19.2. The summed E-state index contributed by atoms with van der Waals surface area (Å²) in [4.78, 5) is 0. The molecular formula is C10H21NaO4S. The Morgan fingerprint density at radius 1 is 1.38 bits per heavy atom. The average molecular weight is 260 g/mol. The van der Waals surface area contributed by atoms with Crippen molar-refractivity contribution in [3.63, 3.8) is 0 Å². The van der Waals surface area contributed by atoms with Crippen molar-refractivity contribution < 1.29 is 46.7 Å². The van der Waals surface area contributed by atoms with Crippen LogP contribution >= 0.6 is 0 Å². The van der Waals surface area contributed by atoms with E-state index in [4.69, 9.17) is 0 Å². The molecule has 0 radical (unpaired) electrons. The van der Waals surface area contributed by atoms with Gasteiger partial charge in [0.25, 0.3) is 0 Å². The van der Waals surface area contributed by atoms with Crippen LogP contribution in [0.15, 0.2) is 0 Å². The second-order valence-electron chi connectivity index (χ2n) is 4.92. The number of rotatable bonds is 7. The van der Waals surface area contributed by atoms with Crippen molar-refractivity contribution in [2.24, 2.45) is 11.3 Å². The van der Waals surface area contributed by atoms with Gasteiger partial charge in [0.1, 0.15) is 0 Å². The Bertz CT molecular complexity index is 275. The summed E-state index contributed by atoms with van der Waals surface area (Å²) in [6.07, 6.45) is 3.04. The van der Waals surface area contributed by atoms with Crippen LogP contribution in [0.2, 0.25) is 0 Å². The quantitative estimate of drug-likeness (QED) is 0.345. The Hall–Kier alpha value is 0.870. The summed E-state index contributed by atoms with van der Waals surface area (Å²) in [7, 11) is -4.54. The van der Waals surface area contributed by atoms with Crippen molar-refractivity contribution >= 4 is 10.4 Å². The number of hydrogen-bond donors (Lipinski definition) is 0. The van der Waals surface area contributed by atoms with Gasteiger partial charge in [-0.1, -0.05) is 34.1 Å². The van der Waals surface area contributed by atoms with Crippen molar-refractivity contribution in [1.82, 2.24) is 0 Å². The molecule has 0 aromatic heterocycles. The molecule has 6 heteroatoms. The van der Waals surface area contributed by atoms with E-state index in [0.717, 1.165) is 19.3 Å². The Labute approximate surface area is 121 Å². The average Bonchev–Trinajstić information content (AvgIpc) is 1.98. The second kappa shape index (κ2) is 8.06. The Balaban J connectivity index is 0. The van der Waals surface area contributed by atoms with Gasteiger partial charge in [0.2, 0.25) is 10.4 Å². The maximum absolute atomic E-state index is 10.2. The van der Waals surface area contributed by atoms with Crippen molar-refractivity contribution in [3.8, 4) is 0 Å². The van der Waals surface area contributed by atoms with Crippen LogP contribution in [0.5, 0.6) is 0 Å². The molecule has 0 heterocycles. The van der Waals surface area contributed by atoms with E-state index in [0.29, 0.717) is 0 Å². The number of hydrogen-bond acceptors (Lipinski definition) is 4. The molecule has 0 bridgehead atoms. The van der Waals surface area contributed by atoms with E-state index >= 15 is 0 Å². The smallest absolute Gasteiger partial charge is 0.726 e. The summed E-state index contributed by atoms with van der Waals surface area (Å²) in [6.45, 7) is 8.27. The van der Waals surface area contributed by atoms with Gasteiger partial charge >= 0.3 is 29.6 Å². The van der Waals surface area contributed by atoms with Gasteiger partial charge in [0, 0.05) is 0 Å². The Morgan fingerprint density at radius 3 is 2.25 bits per heavy atom. The summed E-state index contributed by atoms with van der Waals surface area (Å²) in [5, 5.41) is 0. The van der Waals surface area contributed by atoms with E-state index in [9.17, 15) is 13.0 Å². The van der Waals surface area contributed by atoms with Crippen LogP contribution in [-0.2, 0) is 14.6 Å². The molecule has 0 saturated heterocycles. The molecule has 0 spiro atoms. The van der Waals surface area contributed by atoms with E-state index in [2.05, 4.69) is 25.0 Å². The van der Waals surface area contributed by atoms with Crippen LogP contribution in [0.25, 0.3) is 0 Å². The first-order valence-corrected chi connectivity index (χ1v) is 6.60. The molecule has 1 unspecified atom stereocenters. The van der Waals surface area contributed by atoms with Gasteiger partial charge < -0.3 is 4.55 Å². The van der Waals surface area contributed by atoms with E-state index in [1.54, 1.807) is 0 Å². The van der Waals surface area contributed by atoms with Crippen LogP contribution in [0.3, 0.4) is 0 Å². The zero-order valence-corrected chi connectivity index (χ0v) is 13.8. The van der Waals surface area contributed by atoms with Gasteiger partial charge in [-0.2, -0.15) is 0 Å². The molecule has 1 atom stereocenters. The first-order chi connectivity index (χ1) is 6.66. The molecular weight excluding hydrogens is 239 g/mol. The third-order valence-electron chi connectivity index (χ3n) is 2.32. The van der Waals surface area contributed by atoms with Gasteiger partial charge in [-0.15, -0.1) is 0 Å².